The maximum Gasteiger partial charge on any atom is 0.472 e. The standard InChI is InChI=1S/C44H76NO10P/c1-3-5-7-9-11-13-15-17-19-20-22-24-26-28-30-32-34-36-43(47)55-40(38-53-56(50,51)54-39-41(45)44(48)49)37-52-42(46)35-33-31-29-27-25-23-21-18-16-14-12-10-8-6-4-2/h11,13,17-19,21-22,24-25,27,40-41H,3-10,12,14-16,20,23,26,28-39,45H2,1-2H3,(H,48,49)(H,50,51)/b13-11+,19-17+,21-18+,24-22+,27-25+/t40-,41+/m1/s1. The van der Waals surface area contributed by atoms with Gasteiger partial charge in [-0.15, -0.1) is 0 Å². The molecule has 0 aliphatic heterocycles. The molecule has 0 saturated carbocycles. The van der Waals surface area contributed by atoms with Crippen LogP contribution in [0.15, 0.2) is 60.8 Å². The number of carboxylic acids is 1. The van der Waals surface area contributed by atoms with E-state index in [-0.39, 0.29) is 19.4 Å². The number of nitrogens with two attached hydrogens (primary N) is 1. The van der Waals surface area contributed by atoms with Crippen molar-refractivity contribution >= 4 is 25.7 Å². The third kappa shape index (κ3) is 38.1. The first-order valence-electron chi connectivity index (χ1n) is 21.3. The van der Waals surface area contributed by atoms with Crippen LogP contribution in [-0.4, -0.2) is 59.9 Å². The highest BCUT2D eigenvalue weighted by Crippen LogP contribution is 2.43. The first kappa shape index (κ1) is 53.2. The van der Waals surface area contributed by atoms with Gasteiger partial charge in [-0.05, 0) is 83.5 Å². The fraction of sp³-hybridized carbons (Fsp3) is 0.705. The molecule has 12 heteroatoms. The van der Waals surface area contributed by atoms with Crippen LogP contribution in [0.3, 0.4) is 0 Å². The SMILES string of the molecule is CCCCC/C=C/C/C=C/C/C=C/CCCCCCC(=O)O[C@H](COC(=O)CCCC/C=C/C/C=C/CCCCCCCC)COP(=O)(O)OC[C@H](N)C(=O)O. The van der Waals surface area contributed by atoms with Crippen molar-refractivity contribution in [3.63, 3.8) is 0 Å². The predicted molar refractivity (Wildman–Crippen MR) is 226 cm³/mol. The van der Waals surface area contributed by atoms with Gasteiger partial charge in [-0.3, -0.25) is 23.4 Å². The van der Waals surface area contributed by atoms with Gasteiger partial charge in [-0.25, -0.2) is 4.57 Å². The number of hydrogen-bond donors (Lipinski definition) is 3. The van der Waals surface area contributed by atoms with Crippen molar-refractivity contribution in [1.82, 2.24) is 0 Å². The number of ether oxygens (including phenoxy) is 2. The Morgan fingerprint density at radius 3 is 1.48 bits per heavy atom. The quantitative estimate of drug-likeness (QED) is 0.0233. The van der Waals surface area contributed by atoms with E-state index < -0.39 is 51.1 Å². The summed E-state index contributed by atoms with van der Waals surface area (Å²) in [6, 6.07) is -1.53. The number of aliphatic carboxylic acids is 1. The lowest BCUT2D eigenvalue weighted by molar-refractivity contribution is -0.161. The zero-order valence-electron chi connectivity index (χ0n) is 34.7. The van der Waals surface area contributed by atoms with Crippen LogP contribution in [0.2, 0.25) is 0 Å². The maximum atomic E-state index is 12.6. The third-order valence-corrected chi connectivity index (χ3v) is 9.69. The Hall–Kier alpha value is -2.82. The number of esters is 2. The lowest BCUT2D eigenvalue weighted by Crippen LogP contribution is -2.34. The highest BCUT2D eigenvalue weighted by Gasteiger charge is 2.28. The van der Waals surface area contributed by atoms with E-state index in [1.54, 1.807) is 0 Å². The van der Waals surface area contributed by atoms with Crippen molar-refractivity contribution < 1.29 is 47.5 Å². The van der Waals surface area contributed by atoms with Gasteiger partial charge in [0.25, 0.3) is 0 Å². The highest BCUT2D eigenvalue weighted by molar-refractivity contribution is 7.47. The normalized spacial score (nSPS) is 14.4. The van der Waals surface area contributed by atoms with Gasteiger partial charge in [0.1, 0.15) is 12.6 Å². The van der Waals surface area contributed by atoms with E-state index in [0.29, 0.717) is 12.8 Å². The second-order valence-corrected chi connectivity index (χ2v) is 15.6. The van der Waals surface area contributed by atoms with Crippen LogP contribution in [0.1, 0.15) is 168 Å². The van der Waals surface area contributed by atoms with Crippen LogP contribution in [0.5, 0.6) is 0 Å². The Labute approximate surface area is 338 Å². The van der Waals surface area contributed by atoms with E-state index in [1.807, 2.05) is 0 Å². The average molecular weight is 810 g/mol. The highest BCUT2D eigenvalue weighted by atomic mass is 31.2. The molecule has 0 spiro atoms. The summed E-state index contributed by atoms with van der Waals surface area (Å²) in [5, 5.41) is 8.88. The number of rotatable bonds is 39. The summed E-state index contributed by atoms with van der Waals surface area (Å²) in [6.45, 7) is 2.70. The molecule has 0 aromatic rings. The molecule has 0 heterocycles. The molecule has 0 amide bonds. The number of carbonyl (C=O) groups excluding carboxylic acids is 2. The van der Waals surface area contributed by atoms with Gasteiger partial charge in [-0.2, -0.15) is 0 Å². The molecular formula is C44H76NO10P. The molecule has 322 valence electrons. The van der Waals surface area contributed by atoms with Crippen LogP contribution < -0.4 is 5.73 Å². The topological polar surface area (TPSA) is 172 Å². The number of hydrogen-bond acceptors (Lipinski definition) is 9. The summed E-state index contributed by atoms with van der Waals surface area (Å²) in [7, 11) is -4.73. The van der Waals surface area contributed by atoms with Crippen LogP contribution in [0.4, 0.5) is 0 Å². The molecule has 0 aliphatic rings. The van der Waals surface area contributed by atoms with E-state index >= 15 is 0 Å². The average Bonchev–Trinajstić information content (AvgIpc) is 3.17. The smallest absolute Gasteiger partial charge is 0.472 e. The van der Waals surface area contributed by atoms with Crippen molar-refractivity contribution in [2.75, 3.05) is 19.8 Å². The lowest BCUT2D eigenvalue weighted by Gasteiger charge is -2.20. The second kappa shape index (κ2) is 39.0. The Kier molecular flexibility index (Phi) is 37.1. The van der Waals surface area contributed by atoms with Crippen LogP contribution >= 0.6 is 7.82 Å². The fourth-order valence-electron chi connectivity index (χ4n) is 5.34. The van der Waals surface area contributed by atoms with Gasteiger partial charge in [0, 0.05) is 12.8 Å². The number of carbonyl (C=O) groups is 3. The Morgan fingerprint density at radius 2 is 0.946 bits per heavy atom. The first-order valence-corrected chi connectivity index (χ1v) is 22.8. The number of allylic oxidation sites excluding steroid dienone is 10. The predicted octanol–water partition coefficient (Wildman–Crippen LogP) is 11.2. The minimum absolute atomic E-state index is 0.126. The molecule has 3 atom stereocenters. The van der Waals surface area contributed by atoms with Gasteiger partial charge < -0.3 is 25.2 Å². The van der Waals surface area contributed by atoms with E-state index in [2.05, 4.69) is 79.1 Å². The molecule has 0 aromatic carbocycles. The summed E-state index contributed by atoms with van der Waals surface area (Å²) in [5.74, 6) is -2.45. The molecular weight excluding hydrogens is 733 g/mol. The minimum Gasteiger partial charge on any atom is -0.480 e. The molecule has 0 aliphatic carbocycles. The Balaban J connectivity index is 4.49. The summed E-state index contributed by atoms with van der Waals surface area (Å²) >= 11 is 0. The Bertz CT molecular complexity index is 1180. The van der Waals surface area contributed by atoms with Crippen molar-refractivity contribution in [2.24, 2.45) is 5.73 Å². The number of phosphoric acid groups is 1. The van der Waals surface area contributed by atoms with E-state index in [4.69, 9.17) is 24.8 Å². The van der Waals surface area contributed by atoms with Gasteiger partial charge in [0.15, 0.2) is 6.10 Å². The van der Waals surface area contributed by atoms with E-state index in [1.165, 1.54) is 57.8 Å². The fourth-order valence-corrected chi connectivity index (χ4v) is 6.11. The molecule has 0 radical (unpaired) electrons. The van der Waals surface area contributed by atoms with E-state index in [9.17, 15) is 23.8 Å². The summed E-state index contributed by atoms with van der Waals surface area (Å²) < 4.78 is 32.6. The molecule has 4 N–H and O–H groups in total. The third-order valence-electron chi connectivity index (χ3n) is 8.74. The zero-order valence-corrected chi connectivity index (χ0v) is 35.6. The molecule has 0 saturated heterocycles. The molecule has 0 aromatic heterocycles. The molecule has 1 unspecified atom stereocenters. The van der Waals surface area contributed by atoms with Crippen LogP contribution in [-0.2, 0) is 37.5 Å². The van der Waals surface area contributed by atoms with Crippen LogP contribution in [0, 0.1) is 0 Å². The minimum atomic E-state index is -4.73. The van der Waals surface area contributed by atoms with Crippen LogP contribution in [0.25, 0.3) is 0 Å². The molecule has 11 nitrogen and oxygen atoms in total. The summed E-state index contributed by atoms with van der Waals surface area (Å²) in [5.41, 5.74) is 5.32. The lowest BCUT2D eigenvalue weighted by atomic mass is 10.1. The molecule has 0 fully saturated rings. The molecule has 0 rings (SSSR count). The summed E-state index contributed by atoms with van der Waals surface area (Å²) in [4.78, 5) is 45.9. The van der Waals surface area contributed by atoms with Crippen molar-refractivity contribution in [1.29, 1.82) is 0 Å². The summed E-state index contributed by atoms with van der Waals surface area (Å²) in [6.07, 6.45) is 44.3. The Morgan fingerprint density at radius 1 is 0.554 bits per heavy atom. The number of phosphoric ester groups is 1. The van der Waals surface area contributed by atoms with Gasteiger partial charge in [0.05, 0.1) is 13.2 Å². The van der Waals surface area contributed by atoms with E-state index in [0.717, 1.165) is 70.6 Å². The van der Waals surface area contributed by atoms with Crippen molar-refractivity contribution in [3.8, 4) is 0 Å². The number of unbranched alkanes of at least 4 members (excludes halogenated alkanes) is 15. The molecule has 0 bridgehead atoms. The first-order chi connectivity index (χ1) is 27.1. The van der Waals surface area contributed by atoms with Gasteiger partial charge in [0.2, 0.25) is 0 Å². The maximum absolute atomic E-state index is 12.6. The second-order valence-electron chi connectivity index (χ2n) is 14.1. The zero-order chi connectivity index (χ0) is 41.4. The van der Waals surface area contributed by atoms with Crippen molar-refractivity contribution in [2.45, 2.75) is 180 Å². The van der Waals surface area contributed by atoms with Gasteiger partial charge >= 0.3 is 25.7 Å². The number of carboxylic acid groups (broad SMARTS) is 1. The largest absolute Gasteiger partial charge is 0.480 e. The monoisotopic (exact) mass is 810 g/mol. The van der Waals surface area contributed by atoms with Crippen molar-refractivity contribution in [3.05, 3.63) is 60.8 Å². The molecule has 56 heavy (non-hydrogen) atoms. The van der Waals surface area contributed by atoms with Gasteiger partial charge in [-0.1, -0.05) is 132 Å².